The number of hydrogen-bond acceptors (Lipinski definition) is 6. The van der Waals surface area contributed by atoms with E-state index in [0.29, 0.717) is 24.0 Å². The van der Waals surface area contributed by atoms with Gasteiger partial charge < -0.3 is 19.1 Å². The van der Waals surface area contributed by atoms with E-state index in [1.54, 1.807) is 4.90 Å². The molecule has 1 amide bonds. The van der Waals surface area contributed by atoms with Crippen molar-refractivity contribution in [2.24, 2.45) is 0 Å². The van der Waals surface area contributed by atoms with E-state index in [9.17, 15) is 4.79 Å². The molecule has 0 radical (unpaired) electrons. The molecule has 1 fully saturated rings. The summed E-state index contributed by atoms with van der Waals surface area (Å²) in [6.07, 6.45) is 2.74. The van der Waals surface area contributed by atoms with E-state index in [-0.39, 0.29) is 18.6 Å². The van der Waals surface area contributed by atoms with Gasteiger partial charge in [0.2, 0.25) is 11.7 Å². The molecule has 0 spiro atoms. The fraction of sp³-hybridized carbons (Fsp3) is 0.304. The van der Waals surface area contributed by atoms with Crippen molar-refractivity contribution in [2.75, 3.05) is 13.2 Å². The van der Waals surface area contributed by atoms with E-state index in [1.165, 1.54) is 0 Å². The SMILES string of the molecule is Cc1nc2cc(-c3noc([C@H]4CCCCN4C(=O)COc4ccccc4)n3)ccc2[nH]1. The van der Waals surface area contributed by atoms with Crippen LogP contribution in [0.15, 0.2) is 53.1 Å². The van der Waals surface area contributed by atoms with E-state index in [4.69, 9.17) is 9.26 Å². The quantitative estimate of drug-likeness (QED) is 0.526. The van der Waals surface area contributed by atoms with Gasteiger partial charge in [-0.3, -0.25) is 4.79 Å². The first-order chi connectivity index (χ1) is 15.2. The van der Waals surface area contributed by atoms with Gasteiger partial charge in [0.15, 0.2) is 6.61 Å². The normalized spacial score (nSPS) is 16.5. The molecule has 3 heterocycles. The zero-order valence-corrected chi connectivity index (χ0v) is 17.2. The second-order valence-corrected chi connectivity index (χ2v) is 7.71. The second kappa shape index (κ2) is 8.22. The Morgan fingerprint density at radius 2 is 2.06 bits per heavy atom. The molecule has 4 aromatic rings. The number of rotatable bonds is 5. The van der Waals surface area contributed by atoms with Crippen LogP contribution in [0.4, 0.5) is 0 Å². The van der Waals surface area contributed by atoms with Crippen LogP contribution in [-0.4, -0.2) is 44.1 Å². The molecule has 5 rings (SSSR count). The minimum Gasteiger partial charge on any atom is -0.484 e. The van der Waals surface area contributed by atoms with Crippen molar-refractivity contribution in [3.63, 3.8) is 0 Å². The van der Waals surface area contributed by atoms with Gasteiger partial charge in [-0.25, -0.2) is 4.98 Å². The Bertz CT molecular complexity index is 1200. The summed E-state index contributed by atoms with van der Waals surface area (Å²) in [6.45, 7) is 2.55. The molecule has 8 heteroatoms. The minimum absolute atomic E-state index is 0.0172. The van der Waals surface area contributed by atoms with Gasteiger partial charge in [0.1, 0.15) is 17.6 Å². The lowest BCUT2D eigenvalue weighted by molar-refractivity contribution is -0.138. The number of aromatic nitrogens is 4. The van der Waals surface area contributed by atoms with Crippen LogP contribution in [0.5, 0.6) is 5.75 Å². The molecule has 0 bridgehead atoms. The zero-order valence-electron chi connectivity index (χ0n) is 17.2. The van der Waals surface area contributed by atoms with Crippen molar-refractivity contribution in [3.8, 4) is 17.1 Å². The molecule has 2 aromatic heterocycles. The van der Waals surface area contributed by atoms with E-state index >= 15 is 0 Å². The Hall–Kier alpha value is -3.68. The van der Waals surface area contributed by atoms with E-state index in [0.717, 1.165) is 41.7 Å². The molecule has 1 aliphatic rings. The van der Waals surface area contributed by atoms with E-state index < -0.39 is 0 Å². The number of amides is 1. The predicted molar refractivity (Wildman–Crippen MR) is 114 cm³/mol. The van der Waals surface area contributed by atoms with Gasteiger partial charge in [0, 0.05) is 12.1 Å². The largest absolute Gasteiger partial charge is 0.484 e. The Balaban J connectivity index is 1.34. The minimum atomic E-state index is -0.238. The van der Waals surface area contributed by atoms with Crippen LogP contribution < -0.4 is 4.74 Å². The van der Waals surface area contributed by atoms with Crippen LogP contribution in [0, 0.1) is 6.92 Å². The summed E-state index contributed by atoms with van der Waals surface area (Å²) in [5, 5.41) is 4.17. The third-order valence-corrected chi connectivity index (χ3v) is 5.52. The Kier molecular flexibility index (Phi) is 5.11. The molecule has 1 saturated heterocycles. The fourth-order valence-corrected chi connectivity index (χ4v) is 3.99. The molecule has 158 valence electrons. The number of H-pyrrole nitrogens is 1. The number of hydrogen-bond donors (Lipinski definition) is 1. The average molecular weight is 417 g/mol. The summed E-state index contributed by atoms with van der Waals surface area (Å²) in [5.41, 5.74) is 2.65. The monoisotopic (exact) mass is 417 g/mol. The van der Waals surface area contributed by atoms with Crippen molar-refractivity contribution in [1.82, 2.24) is 25.0 Å². The number of aryl methyl sites for hydroxylation is 1. The maximum atomic E-state index is 12.9. The second-order valence-electron chi connectivity index (χ2n) is 7.71. The molecule has 1 aliphatic heterocycles. The summed E-state index contributed by atoms with van der Waals surface area (Å²) in [4.78, 5) is 27.0. The van der Waals surface area contributed by atoms with Crippen LogP contribution >= 0.6 is 0 Å². The number of carbonyl (C=O) groups excluding carboxylic acids is 1. The number of carbonyl (C=O) groups is 1. The highest BCUT2D eigenvalue weighted by Gasteiger charge is 2.32. The summed E-state index contributed by atoms with van der Waals surface area (Å²) in [7, 11) is 0. The molecule has 0 aliphatic carbocycles. The Morgan fingerprint density at radius 1 is 1.19 bits per heavy atom. The van der Waals surface area contributed by atoms with Gasteiger partial charge in [0.25, 0.3) is 5.91 Å². The van der Waals surface area contributed by atoms with Crippen molar-refractivity contribution in [2.45, 2.75) is 32.2 Å². The zero-order chi connectivity index (χ0) is 21.2. The van der Waals surface area contributed by atoms with Gasteiger partial charge in [-0.05, 0) is 56.5 Å². The maximum absolute atomic E-state index is 12.9. The Labute approximate surface area is 179 Å². The van der Waals surface area contributed by atoms with Gasteiger partial charge in [0.05, 0.1) is 11.0 Å². The summed E-state index contributed by atoms with van der Waals surface area (Å²) >= 11 is 0. The van der Waals surface area contributed by atoms with Crippen LogP contribution in [0.2, 0.25) is 0 Å². The number of piperidine rings is 1. The van der Waals surface area contributed by atoms with Crippen molar-refractivity contribution in [3.05, 3.63) is 60.2 Å². The number of likely N-dealkylation sites (tertiary alicyclic amines) is 1. The van der Waals surface area contributed by atoms with Gasteiger partial charge >= 0.3 is 0 Å². The fourth-order valence-electron chi connectivity index (χ4n) is 3.99. The highest BCUT2D eigenvalue weighted by molar-refractivity contribution is 5.80. The number of nitrogens with one attached hydrogen (secondary N) is 1. The number of imidazole rings is 1. The smallest absolute Gasteiger partial charge is 0.261 e. The van der Waals surface area contributed by atoms with Gasteiger partial charge in [-0.1, -0.05) is 23.4 Å². The molecule has 1 atom stereocenters. The van der Waals surface area contributed by atoms with Crippen LogP contribution in [0.1, 0.15) is 37.0 Å². The maximum Gasteiger partial charge on any atom is 0.261 e. The van der Waals surface area contributed by atoms with Crippen LogP contribution in [-0.2, 0) is 4.79 Å². The number of ether oxygens (including phenoxy) is 1. The van der Waals surface area contributed by atoms with E-state index in [2.05, 4.69) is 20.1 Å². The summed E-state index contributed by atoms with van der Waals surface area (Å²) in [6, 6.07) is 14.9. The first kappa shape index (κ1) is 19.3. The lowest BCUT2D eigenvalue weighted by Gasteiger charge is -2.33. The standard InChI is InChI=1S/C23H23N5O3/c1-15-24-18-11-10-16(13-19(18)25-15)22-26-23(31-27-22)20-9-5-6-12-28(20)21(29)14-30-17-7-3-2-4-8-17/h2-4,7-8,10-11,13,20H,5-6,9,12,14H2,1H3,(H,24,25)/t20-/m1/s1. The topological polar surface area (TPSA) is 97.1 Å². The summed E-state index contributed by atoms with van der Waals surface area (Å²) in [5.74, 6) is 2.40. The lowest BCUT2D eigenvalue weighted by atomic mass is 10.0. The number of fused-ring (bicyclic) bond motifs is 1. The summed E-state index contributed by atoms with van der Waals surface area (Å²) < 4.78 is 11.2. The highest BCUT2D eigenvalue weighted by atomic mass is 16.5. The predicted octanol–water partition coefficient (Wildman–Crippen LogP) is 4.05. The van der Waals surface area contributed by atoms with Gasteiger partial charge in [-0.2, -0.15) is 4.98 Å². The third-order valence-electron chi connectivity index (χ3n) is 5.52. The average Bonchev–Trinajstić information content (AvgIpc) is 3.43. The molecule has 0 saturated carbocycles. The number of benzene rings is 2. The number of aromatic amines is 1. The van der Waals surface area contributed by atoms with Crippen molar-refractivity contribution in [1.29, 1.82) is 0 Å². The molecular formula is C23H23N5O3. The van der Waals surface area contributed by atoms with Crippen molar-refractivity contribution >= 4 is 16.9 Å². The van der Waals surface area contributed by atoms with Gasteiger partial charge in [-0.15, -0.1) is 0 Å². The molecular weight excluding hydrogens is 394 g/mol. The number of nitrogens with zero attached hydrogens (tertiary/aromatic N) is 4. The molecule has 2 aromatic carbocycles. The molecule has 0 unspecified atom stereocenters. The molecule has 1 N–H and O–H groups in total. The van der Waals surface area contributed by atoms with Crippen molar-refractivity contribution < 1.29 is 14.1 Å². The number of para-hydroxylation sites is 1. The highest BCUT2D eigenvalue weighted by Crippen LogP contribution is 2.31. The lowest BCUT2D eigenvalue weighted by Crippen LogP contribution is -2.41. The van der Waals surface area contributed by atoms with Crippen LogP contribution in [0.3, 0.4) is 0 Å². The molecule has 8 nitrogen and oxygen atoms in total. The molecule has 31 heavy (non-hydrogen) atoms. The first-order valence-corrected chi connectivity index (χ1v) is 10.4. The Morgan fingerprint density at radius 3 is 2.94 bits per heavy atom. The van der Waals surface area contributed by atoms with E-state index in [1.807, 2.05) is 55.5 Å². The first-order valence-electron chi connectivity index (χ1n) is 10.4. The third kappa shape index (κ3) is 4.01. The van der Waals surface area contributed by atoms with Crippen LogP contribution in [0.25, 0.3) is 22.4 Å².